The van der Waals surface area contributed by atoms with Crippen LogP contribution in [0.5, 0.6) is 0 Å². The number of alkyl halides is 1. The quantitative estimate of drug-likeness (QED) is 0.479. The highest BCUT2D eigenvalue weighted by atomic mass is 79.9. The van der Waals surface area contributed by atoms with Gasteiger partial charge in [0.2, 0.25) is 5.78 Å². The molecule has 1 heterocycles. The van der Waals surface area contributed by atoms with Crippen molar-refractivity contribution in [1.82, 2.24) is 4.98 Å². The molecule has 0 aliphatic heterocycles. The van der Waals surface area contributed by atoms with Crippen LogP contribution in [0.1, 0.15) is 55.4 Å². The second-order valence-corrected chi connectivity index (χ2v) is 9.64. The molecule has 2 unspecified atom stereocenters. The van der Waals surface area contributed by atoms with Crippen molar-refractivity contribution >= 4 is 27.7 Å². The number of esters is 1. The summed E-state index contributed by atoms with van der Waals surface area (Å²) >= 11 is 3.96. The summed E-state index contributed by atoms with van der Waals surface area (Å²) in [4.78, 5) is 27.1. The molecule has 5 rings (SSSR count). The van der Waals surface area contributed by atoms with E-state index in [9.17, 15) is 9.59 Å². The predicted octanol–water partition coefficient (Wildman–Crippen LogP) is 3.86. The van der Waals surface area contributed by atoms with Crippen molar-refractivity contribution in [2.45, 2.75) is 49.3 Å². The molecule has 0 amide bonds. The summed E-state index contributed by atoms with van der Waals surface area (Å²) in [5.74, 6) is 1.11. The number of Topliss-reactive ketones (excluding diaryl/α,β-unsaturated/α-hetero) is 1. The first-order valence-corrected chi connectivity index (χ1v) is 9.26. The number of H-pyrrole nitrogens is 1. The first-order chi connectivity index (χ1) is 11.0. The Bertz CT molecular complexity index is 610. The van der Waals surface area contributed by atoms with Crippen LogP contribution in [-0.4, -0.2) is 27.7 Å². The minimum atomic E-state index is -0.219. The van der Waals surface area contributed by atoms with Gasteiger partial charge in [-0.15, -0.1) is 0 Å². The molecule has 4 fully saturated rings. The van der Waals surface area contributed by atoms with E-state index < -0.39 is 0 Å². The number of carbonyl (C=O) groups is 2. The van der Waals surface area contributed by atoms with E-state index in [0.717, 1.165) is 31.1 Å². The molecule has 0 aromatic carbocycles. The van der Waals surface area contributed by atoms with Gasteiger partial charge in [-0.2, -0.15) is 0 Å². The molecule has 4 nitrogen and oxygen atoms in total. The standard InChI is InChI=1S/C18H22BrNO3/c19-18-7-12-4-13(8-18)6-17(5-12,11-18)9-16(22)23-10-15(21)14-2-1-3-20-14/h1-3,12-13,20H,4-11H2/t12-,13+,17?,18?. The number of ether oxygens (including phenoxy) is 1. The van der Waals surface area contributed by atoms with Crippen LogP contribution in [-0.2, 0) is 9.53 Å². The molecule has 0 saturated heterocycles. The van der Waals surface area contributed by atoms with Gasteiger partial charge in [-0.3, -0.25) is 9.59 Å². The fourth-order valence-corrected chi connectivity index (χ4v) is 7.14. The number of carbonyl (C=O) groups excluding carboxylic acids is 2. The molecule has 1 N–H and O–H groups in total. The van der Waals surface area contributed by atoms with Gasteiger partial charge < -0.3 is 9.72 Å². The van der Waals surface area contributed by atoms with Gasteiger partial charge in [0.1, 0.15) is 0 Å². The third kappa shape index (κ3) is 3.00. The Hall–Kier alpha value is -1.10. The van der Waals surface area contributed by atoms with Crippen molar-refractivity contribution in [1.29, 1.82) is 0 Å². The molecule has 1 aromatic rings. The van der Waals surface area contributed by atoms with Crippen LogP contribution in [0.15, 0.2) is 18.3 Å². The van der Waals surface area contributed by atoms with Gasteiger partial charge in [0, 0.05) is 10.5 Å². The number of ketones is 1. The van der Waals surface area contributed by atoms with E-state index in [4.69, 9.17) is 4.74 Å². The maximum atomic E-state index is 12.3. The smallest absolute Gasteiger partial charge is 0.306 e. The molecule has 5 heteroatoms. The van der Waals surface area contributed by atoms with E-state index in [1.807, 2.05) is 0 Å². The summed E-state index contributed by atoms with van der Waals surface area (Å²) in [5.41, 5.74) is 0.590. The lowest BCUT2D eigenvalue weighted by atomic mass is 9.49. The number of aromatic amines is 1. The van der Waals surface area contributed by atoms with Crippen molar-refractivity contribution < 1.29 is 14.3 Å². The third-order valence-corrected chi connectivity index (χ3v) is 6.82. The molecule has 0 spiro atoms. The zero-order valence-corrected chi connectivity index (χ0v) is 14.7. The third-order valence-electron chi connectivity index (χ3n) is 5.89. The highest BCUT2D eigenvalue weighted by molar-refractivity contribution is 9.10. The Kier molecular flexibility index (Phi) is 3.67. The van der Waals surface area contributed by atoms with Gasteiger partial charge in [0.05, 0.1) is 12.1 Å². The summed E-state index contributed by atoms with van der Waals surface area (Å²) in [6.45, 7) is -0.165. The number of aromatic nitrogens is 1. The van der Waals surface area contributed by atoms with Crippen LogP contribution in [0.4, 0.5) is 0 Å². The summed E-state index contributed by atoms with van der Waals surface area (Å²) in [6, 6.07) is 3.46. The SMILES string of the molecule is O=C(CC12C[C@@H]3C[C@@H](CC(Br)(C3)C1)C2)OCC(=O)c1ccc[nH]1. The molecule has 23 heavy (non-hydrogen) atoms. The number of hydrogen-bond donors (Lipinski definition) is 1. The molecular formula is C18H22BrNO3. The van der Waals surface area contributed by atoms with E-state index >= 15 is 0 Å². The maximum absolute atomic E-state index is 12.3. The van der Waals surface area contributed by atoms with Crippen molar-refractivity contribution in [2.75, 3.05) is 6.61 Å². The fraction of sp³-hybridized carbons (Fsp3) is 0.667. The highest BCUT2D eigenvalue weighted by Crippen LogP contribution is 2.65. The predicted molar refractivity (Wildman–Crippen MR) is 89.5 cm³/mol. The average molecular weight is 380 g/mol. The number of halogens is 1. The lowest BCUT2D eigenvalue weighted by molar-refractivity contribution is -0.149. The molecule has 124 valence electrons. The second kappa shape index (κ2) is 5.47. The van der Waals surface area contributed by atoms with Gasteiger partial charge in [-0.05, 0) is 67.9 Å². The molecule has 0 radical (unpaired) electrons. The number of rotatable bonds is 5. The minimum Gasteiger partial charge on any atom is -0.457 e. The minimum absolute atomic E-state index is 0.0974. The van der Waals surface area contributed by atoms with Crippen LogP contribution >= 0.6 is 15.9 Å². The van der Waals surface area contributed by atoms with Crippen LogP contribution in [0.2, 0.25) is 0 Å². The maximum Gasteiger partial charge on any atom is 0.306 e. The first-order valence-electron chi connectivity index (χ1n) is 8.47. The Balaban J connectivity index is 1.36. The van der Waals surface area contributed by atoms with Gasteiger partial charge in [0.25, 0.3) is 0 Å². The van der Waals surface area contributed by atoms with E-state index in [2.05, 4.69) is 20.9 Å². The van der Waals surface area contributed by atoms with Gasteiger partial charge >= 0.3 is 5.97 Å². The van der Waals surface area contributed by atoms with E-state index in [1.165, 1.54) is 19.3 Å². The zero-order chi connectivity index (χ0) is 16.1. The largest absolute Gasteiger partial charge is 0.457 e. The molecule has 4 aliphatic carbocycles. The van der Waals surface area contributed by atoms with E-state index in [0.29, 0.717) is 12.1 Å². The highest BCUT2D eigenvalue weighted by Gasteiger charge is 2.57. The molecule has 4 bridgehead atoms. The van der Waals surface area contributed by atoms with Crippen LogP contribution in [0.25, 0.3) is 0 Å². The normalized spacial score (nSPS) is 37.8. The monoisotopic (exact) mass is 379 g/mol. The van der Waals surface area contributed by atoms with Crippen LogP contribution in [0, 0.1) is 17.3 Å². The van der Waals surface area contributed by atoms with Gasteiger partial charge in [0.15, 0.2) is 6.61 Å². The topological polar surface area (TPSA) is 59.2 Å². The van der Waals surface area contributed by atoms with Gasteiger partial charge in [-0.25, -0.2) is 0 Å². The fourth-order valence-electron chi connectivity index (χ4n) is 5.63. The Morgan fingerprint density at radius 2 is 2.00 bits per heavy atom. The number of nitrogens with one attached hydrogen (secondary N) is 1. The molecule has 4 atom stereocenters. The first kappa shape index (κ1) is 15.4. The summed E-state index contributed by atoms with van der Waals surface area (Å²) in [6.07, 6.45) is 9.37. The molecule has 4 saturated carbocycles. The van der Waals surface area contributed by atoms with E-state index in [-0.39, 0.29) is 28.1 Å². The molecular weight excluding hydrogens is 358 g/mol. The molecule has 4 aliphatic rings. The lowest BCUT2D eigenvalue weighted by Gasteiger charge is -2.60. The van der Waals surface area contributed by atoms with Crippen molar-refractivity contribution in [3.8, 4) is 0 Å². The molecule has 1 aromatic heterocycles. The van der Waals surface area contributed by atoms with Crippen molar-refractivity contribution in [3.05, 3.63) is 24.0 Å². The Morgan fingerprint density at radius 1 is 1.26 bits per heavy atom. The Morgan fingerprint density at radius 3 is 2.61 bits per heavy atom. The zero-order valence-electron chi connectivity index (χ0n) is 13.1. The Labute approximate surface area is 144 Å². The summed E-state index contributed by atoms with van der Waals surface area (Å²) in [5, 5.41) is 0. The second-order valence-electron chi connectivity index (χ2n) is 7.96. The van der Waals surface area contributed by atoms with Crippen molar-refractivity contribution in [3.63, 3.8) is 0 Å². The summed E-state index contributed by atoms with van der Waals surface area (Å²) in [7, 11) is 0. The van der Waals surface area contributed by atoms with Crippen LogP contribution in [0.3, 0.4) is 0 Å². The van der Waals surface area contributed by atoms with Crippen molar-refractivity contribution in [2.24, 2.45) is 17.3 Å². The van der Waals surface area contributed by atoms with E-state index in [1.54, 1.807) is 18.3 Å². The average Bonchev–Trinajstić information content (AvgIpc) is 2.95. The van der Waals surface area contributed by atoms with Crippen LogP contribution < -0.4 is 0 Å². The summed E-state index contributed by atoms with van der Waals surface area (Å²) < 4.78 is 5.52. The van der Waals surface area contributed by atoms with Gasteiger partial charge in [-0.1, -0.05) is 15.9 Å². The lowest BCUT2D eigenvalue weighted by Crippen LogP contribution is -2.53. The number of hydrogen-bond acceptors (Lipinski definition) is 3.